The molecule has 1 aromatic heterocycles. The van der Waals surface area contributed by atoms with Crippen LogP contribution >= 0.6 is 0 Å². The van der Waals surface area contributed by atoms with Gasteiger partial charge in [0.1, 0.15) is 0 Å². The molecule has 1 rings (SSSR count). The Hall–Kier alpha value is 5.03. The van der Waals surface area contributed by atoms with Crippen molar-refractivity contribution in [3.63, 3.8) is 0 Å². The fraction of sp³-hybridized carbons (Fsp3) is 0. The Morgan fingerprint density at radius 2 is 0.600 bits per heavy atom. The molecule has 0 saturated carbocycles. The van der Waals surface area contributed by atoms with Gasteiger partial charge in [0.25, 0.3) is 0 Å². The minimum atomic E-state index is -0.333. The second kappa shape index (κ2) is 21.3. The Morgan fingerprint density at radius 3 is 0.733 bits per heavy atom. The summed E-state index contributed by atoms with van der Waals surface area (Å²) in [6.07, 6.45) is 0. The average Bonchev–Trinajstić information content (AvgIpc) is 1.59. The van der Waals surface area contributed by atoms with Crippen molar-refractivity contribution in [2.75, 3.05) is 0 Å². The molecular formula is C3H3N6Y6-3. The number of hydrogen-bond donors (Lipinski definition) is 0. The van der Waals surface area contributed by atoms with Gasteiger partial charge in [-0.15, -0.1) is 0 Å². The van der Waals surface area contributed by atoms with Crippen LogP contribution in [0.4, 0.5) is 17.8 Å². The fourth-order valence-corrected chi connectivity index (χ4v) is 0.376. The molecule has 0 bridgehead atoms. The van der Waals surface area contributed by atoms with Crippen LogP contribution < -0.4 is 0 Å². The maximum atomic E-state index is 6.77. The van der Waals surface area contributed by atoms with Gasteiger partial charge in [-0.2, -0.15) is 0 Å². The molecule has 0 saturated heterocycles. The van der Waals surface area contributed by atoms with Crippen LogP contribution in [-0.2, 0) is 196 Å². The first-order chi connectivity index (χ1) is 4.18. The molecule has 0 fully saturated rings. The quantitative estimate of drug-likeness (QED) is 0.426. The van der Waals surface area contributed by atoms with E-state index < -0.39 is 0 Å². The average molecular weight is 657 g/mol. The summed E-state index contributed by atoms with van der Waals surface area (Å²) in [6, 6.07) is 0. The maximum Gasteiger partial charge on any atom is 0.0217 e. The summed E-state index contributed by atoms with van der Waals surface area (Å²) in [5.41, 5.74) is 20.3. The minimum absolute atomic E-state index is 0. The van der Waals surface area contributed by atoms with E-state index in [1.807, 2.05) is 0 Å². The van der Waals surface area contributed by atoms with Gasteiger partial charge in [0.05, 0.1) is 0 Å². The molecule has 0 atom stereocenters. The van der Waals surface area contributed by atoms with Gasteiger partial charge < -0.3 is 32.2 Å². The summed E-state index contributed by atoms with van der Waals surface area (Å²) in [7, 11) is 0. The predicted molar refractivity (Wildman–Crippen MR) is 31.8 cm³/mol. The zero-order valence-corrected chi connectivity index (χ0v) is 24.8. The van der Waals surface area contributed by atoms with E-state index >= 15 is 0 Å². The molecule has 66 valence electrons. The van der Waals surface area contributed by atoms with Crippen LogP contribution in [0.3, 0.4) is 0 Å². The van der Waals surface area contributed by atoms with Crippen molar-refractivity contribution in [1.82, 2.24) is 15.0 Å². The molecule has 6 nitrogen and oxygen atoms in total. The standard InChI is InChI=1S/C3H3N6.6Y/c4-1-7-2(5)9-3(6)8-1;;;;;;/h(H3-3,4,5,6,7,8,9);;;;;;/q-3;;;;;;. The van der Waals surface area contributed by atoms with E-state index in [9.17, 15) is 0 Å². The molecule has 0 spiro atoms. The topological polar surface area (TPSA) is 110 Å². The van der Waals surface area contributed by atoms with Crippen LogP contribution in [0.25, 0.3) is 17.2 Å². The van der Waals surface area contributed by atoms with E-state index in [1.165, 1.54) is 0 Å². The number of nitrogens with one attached hydrogen (secondary N) is 3. The molecule has 0 aliphatic rings. The van der Waals surface area contributed by atoms with Crippen LogP contribution in [0, 0.1) is 0 Å². The van der Waals surface area contributed by atoms with E-state index in [-0.39, 0.29) is 214 Å². The molecule has 0 unspecified atom stereocenters. The monoisotopic (exact) mass is 656 g/mol. The van der Waals surface area contributed by atoms with Gasteiger partial charge in [0.15, 0.2) is 0 Å². The maximum absolute atomic E-state index is 6.77. The van der Waals surface area contributed by atoms with Gasteiger partial charge in [-0.05, 0) is 0 Å². The van der Waals surface area contributed by atoms with E-state index in [0.717, 1.165) is 0 Å². The summed E-state index contributed by atoms with van der Waals surface area (Å²) < 4.78 is 0. The third kappa shape index (κ3) is 19.0. The van der Waals surface area contributed by atoms with E-state index in [4.69, 9.17) is 17.2 Å². The Balaban J connectivity index is -0.0000000337. The zero-order chi connectivity index (χ0) is 6.85. The van der Waals surface area contributed by atoms with E-state index in [0.29, 0.717) is 0 Å². The van der Waals surface area contributed by atoms with Crippen LogP contribution in [-0.4, -0.2) is 15.0 Å². The van der Waals surface area contributed by atoms with Crippen molar-refractivity contribution >= 4 is 17.8 Å². The van der Waals surface area contributed by atoms with Gasteiger partial charge in [-0.3, -0.25) is 0 Å². The Kier molecular flexibility index (Phi) is 52.4. The largest absolute Gasteiger partial charge is 0.410 e. The summed E-state index contributed by atoms with van der Waals surface area (Å²) >= 11 is 0. The van der Waals surface area contributed by atoms with Gasteiger partial charge in [0, 0.05) is 214 Å². The summed E-state index contributed by atoms with van der Waals surface area (Å²) in [5.74, 6) is -1.000. The first-order valence-corrected chi connectivity index (χ1v) is 2.09. The predicted octanol–water partition coefficient (Wildman–Crippen LogP) is 1.91. The summed E-state index contributed by atoms with van der Waals surface area (Å²) in [4.78, 5) is 9.68. The SMILES string of the molecule is [NH-]c1nc([NH-])nc([NH-])n1.[Y].[Y].[Y].[Y].[Y].[Y]. The number of aromatic nitrogens is 3. The first kappa shape index (κ1) is 36.9. The summed E-state index contributed by atoms with van der Waals surface area (Å²) in [5, 5.41) is 0. The van der Waals surface area contributed by atoms with Crippen molar-refractivity contribution in [2.24, 2.45) is 0 Å². The van der Waals surface area contributed by atoms with Gasteiger partial charge >= 0.3 is 0 Å². The smallest absolute Gasteiger partial charge is 0.0217 e. The number of nitrogens with zero attached hydrogens (tertiary/aromatic N) is 3. The van der Waals surface area contributed by atoms with Crippen molar-refractivity contribution in [2.45, 2.75) is 0 Å². The second-order valence-corrected chi connectivity index (χ2v) is 1.31. The molecular weight excluding hydrogens is 654 g/mol. The third-order valence-electron chi connectivity index (χ3n) is 0.635. The molecule has 1 heterocycles. The van der Waals surface area contributed by atoms with Crippen LogP contribution in [0.2, 0.25) is 0 Å². The molecule has 0 aliphatic heterocycles. The third-order valence-corrected chi connectivity index (χ3v) is 0.635. The van der Waals surface area contributed by atoms with Gasteiger partial charge in [-0.25, -0.2) is 0 Å². The minimum Gasteiger partial charge on any atom is -0.410 e. The Labute approximate surface area is 239 Å². The molecule has 1 aromatic rings. The van der Waals surface area contributed by atoms with E-state index in [2.05, 4.69) is 15.0 Å². The van der Waals surface area contributed by atoms with Crippen LogP contribution in [0.1, 0.15) is 0 Å². The molecule has 0 aliphatic carbocycles. The molecule has 3 N–H and O–H groups in total. The van der Waals surface area contributed by atoms with Gasteiger partial charge in [-0.1, -0.05) is 0 Å². The fourth-order valence-electron chi connectivity index (χ4n) is 0.376. The molecule has 12 heteroatoms. The van der Waals surface area contributed by atoms with E-state index in [1.54, 1.807) is 0 Å². The first-order valence-electron chi connectivity index (χ1n) is 2.09. The Morgan fingerprint density at radius 1 is 0.467 bits per heavy atom. The Bertz CT molecular complexity index is 184. The molecule has 0 aromatic carbocycles. The van der Waals surface area contributed by atoms with Gasteiger partial charge in [0.2, 0.25) is 0 Å². The van der Waals surface area contributed by atoms with Crippen molar-refractivity contribution in [1.29, 1.82) is 0 Å². The van der Waals surface area contributed by atoms with Crippen molar-refractivity contribution < 1.29 is 196 Å². The molecule has 6 radical (unpaired) electrons. The zero-order valence-electron chi connectivity index (χ0n) is 7.81. The van der Waals surface area contributed by atoms with Crippen molar-refractivity contribution in [3.05, 3.63) is 17.2 Å². The van der Waals surface area contributed by atoms with Crippen molar-refractivity contribution in [3.8, 4) is 0 Å². The van der Waals surface area contributed by atoms with Crippen LogP contribution in [0.5, 0.6) is 0 Å². The summed E-state index contributed by atoms with van der Waals surface area (Å²) in [6.45, 7) is 0. The molecule has 15 heavy (non-hydrogen) atoms. The van der Waals surface area contributed by atoms with Crippen LogP contribution in [0.15, 0.2) is 0 Å². The second-order valence-electron chi connectivity index (χ2n) is 1.31. The normalized spacial score (nSPS) is 5.60. The number of hydrogen-bond acceptors (Lipinski definition) is 3. The number of rotatable bonds is 0. The molecule has 0 amide bonds.